The summed E-state index contributed by atoms with van der Waals surface area (Å²) in [6.07, 6.45) is 1.46. The minimum absolute atomic E-state index is 0.0320. The lowest BCUT2D eigenvalue weighted by Crippen LogP contribution is -2.39. The highest BCUT2D eigenvalue weighted by atomic mass is 35.5. The summed E-state index contributed by atoms with van der Waals surface area (Å²) in [6, 6.07) is 21.8. The highest BCUT2D eigenvalue weighted by molar-refractivity contribution is 7.92. The molecule has 0 atom stereocenters. The Morgan fingerprint density at radius 2 is 1.74 bits per heavy atom. The van der Waals surface area contributed by atoms with Crippen LogP contribution in [-0.2, 0) is 14.8 Å². The molecule has 1 aromatic heterocycles. The number of aryl methyl sites for hydroxylation is 1. The van der Waals surface area contributed by atoms with Crippen molar-refractivity contribution in [2.24, 2.45) is 5.10 Å². The molecule has 0 saturated heterocycles. The van der Waals surface area contributed by atoms with E-state index in [1.54, 1.807) is 24.3 Å². The number of para-hydroxylation sites is 1. The van der Waals surface area contributed by atoms with Gasteiger partial charge in [0.25, 0.3) is 21.6 Å². The third kappa shape index (κ3) is 6.00. The van der Waals surface area contributed by atoms with Crippen molar-refractivity contribution in [3.63, 3.8) is 0 Å². The van der Waals surface area contributed by atoms with Crippen LogP contribution in [0.1, 0.15) is 17.0 Å². The number of hydrogen-bond donors (Lipinski definition) is 1. The van der Waals surface area contributed by atoms with Crippen molar-refractivity contribution >= 4 is 45.1 Å². The summed E-state index contributed by atoms with van der Waals surface area (Å²) in [6.45, 7) is 3.14. The number of anilines is 1. The highest BCUT2D eigenvalue weighted by Gasteiger charge is 2.28. The van der Waals surface area contributed by atoms with E-state index in [0.29, 0.717) is 5.02 Å². The van der Waals surface area contributed by atoms with Crippen LogP contribution >= 0.6 is 11.6 Å². The van der Waals surface area contributed by atoms with E-state index in [1.165, 1.54) is 36.5 Å². The Kier molecular flexibility index (Phi) is 8.12. The smallest absolute Gasteiger partial charge is 0.271 e. The summed E-state index contributed by atoms with van der Waals surface area (Å²) in [5, 5.41) is 15.9. The summed E-state index contributed by atoms with van der Waals surface area (Å²) in [7, 11) is -4.23. The van der Waals surface area contributed by atoms with Gasteiger partial charge in [-0.05, 0) is 50.2 Å². The van der Waals surface area contributed by atoms with Gasteiger partial charge in [0.2, 0.25) is 0 Å². The lowest BCUT2D eigenvalue weighted by atomic mass is 10.2. The Morgan fingerprint density at radius 3 is 2.44 bits per heavy atom. The summed E-state index contributed by atoms with van der Waals surface area (Å²) < 4.78 is 29.6. The minimum atomic E-state index is -4.23. The highest BCUT2D eigenvalue weighted by Crippen LogP contribution is 2.27. The number of halogens is 1. The van der Waals surface area contributed by atoms with Gasteiger partial charge in [-0.25, -0.2) is 13.8 Å². The second-order valence-electron chi connectivity index (χ2n) is 8.51. The first-order chi connectivity index (χ1) is 18.6. The molecule has 0 unspecified atom stereocenters. The molecule has 10 nitrogen and oxygen atoms in total. The normalized spacial score (nSPS) is 11.5. The average molecular weight is 566 g/mol. The molecular formula is C27H24ClN5O5S. The van der Waals surface area contributed by atoms with E-state index >= 15 is 0 Å². The first-order valence-corrected chi connectivity index (χ1v) is 13.5. The van der Waals surface area contributed by atoms with E-state index in [-0.39, 0.29) is 16.3 Å². The number of hydrogen-bond acceptors (Lipinski definition) is 6. The van der Waals surface area contributed by atoms with Crippen LogP contribution < -0.4 is 9.73 Å². The predicted molar refractivity (Wildman–Crippen MR) is 150 cm³/mol. The monoisotopic (exact) mass is 565 g/mol. The number of aromatic nitrogens is 1. The van der Waals surface area contributed by atoms with Gasteiger partial charge in [-0.2, -0.15) is 5.10 Å². The maximum absolute atomic E-state index is 13.4. The summed E-state index contributed by atoms with van der Waals surface area (Å²) in [5.41, 5.74) is 5.27. The maximum atomic E-state index is 13.4. The van der Waals surface area contributed by atoms with Crippen molar-refractivity contribution in [2.75, 3.05) is 10.8 Å². The average Bonchev–Trinajstić information content (AvgIpc) is 3.20. The second kappa shape index (κ2) is 11.5. The lowest BCUT2D eigenvalue weighted by molar-refractivity contribution is -0.384. The Hall–Kier alpha value is -4.48. The molecule has 0 aliphatic heterocycles. The number of sulfonamides is 1. The Labute approximate surface area is 230 Å². The molecule has 1 heterocycles. The Balaban J connectivity index is 1.58. The van der Waals surface area contributed by atoms with Crippen LogP contribution in [0.2, 0.25) is 5.02 Å². The fourth-order valence-electron chi connectivity index (χ4n) is 4.06. The summed E-state index contributed by atoms with van der Waals surface area (Å²) in [5.74, 6) is -0.739. The van der Waals surface area contributed by atoms with Crippen molar-refractivity contribution in [3.05, 3.63) is 117 Å². The van der Waals surface area contributed by atoms with Crippen LogP contribution in [0.5, 0.6) is 0 Å². The second-order valence-corrected chi connectivity index (χ2v) is 10.8. The molecule has 4 aromatic rings. The number of nitrogens with one attached hydrogen (secondary N) is 1. The number of nitrogens with zero attached hydrogens (tertiary/aromatic N) is 4. The molecular weight excluding hydrogens is 542 g/mol. The fourth-order valence-corrected chi connectivity index (χ4v) is 5.71. The van der Waals surface area contributed by atoms with Gasteiger partial charge in [-0.3, -0.25) is 19.2 Å². The number of hydrazone groups is 1. The molecule has 1 N–H and O–H groups in total. The standard InChI is InChI=1S/C27H24ClN5O5S/c1-19-15-21(20(2)32(19)26-14-7-6-13-25(26)28)17-29-30-27(34)18-31(22-9-8-10-23(16-22)33(35)36)39(37,38)24-11-4-3-5-12-24/h3-17H,18H2,1-2H3,(H,30,34)/b29-17-. The molecule has 4 rings (SSSR count). The summed E-state index contributed by atoms with van der Waals surface area (Å²) >= 11 is 6.36. The molecule has 0 spiro atoms. The van der Waals surface area contributed by atoms with Gasteiger partial charge >= 0.3 is 0 Å². The lowest BCUT2D eigenvalue weighted by Gasteiger charge is -2.23. The topological polar surface area (TPSA) is 127 Å². The molecule has 3 aromatic carbocycles. The van der Waals surface area contributed by atoms with E-state index in [9.17, 15) is 23.3 Å². The molecule has 0 bridgehead atoms. The van der Waals surface area contributed by atoms with Crippen molar-refractivity contribution in [2.45, 2.75) is 18.7 Å². The first-order valence-electron chi connectivity index (χ1n) is 11.7. The largest absolute Gasteiger partial charge is 0.316 e. The minimum Gasteiger partial charge on any atom is -0.316 e. The van der Waals surface area contributed by atoms with E-state index in [1.807, 2.05) is 42.7 Å². The number of amides is 1. The molecule has 39 heavy (non-hydrogen) atoms. The zero-order valence-electron chi connectivity index (χ0n) is 21.0. The van der Waals surface area contributed by atoms with Crippen molar-refractivity contribution in [1.82, 2.24) is 9.99 Å². The van der Waals surface area contributed by atoms with Gasteiger partial charge in [0, 0.05) is 29.1 Å². The number of carbonyl (C=O) groups excluding carboxylic acids is 1. The number of benzene rings is 3. The summed E-state index contributed by atoms with van der Waals surface area (Å²) in [4.78, 5) is 23.4. The molecule has 0 aliphatic carbocycles. The van der Waals surface area contributed by atoms with E-state index in [4.69, 9.17) is 11.6 Å². The van der Waals surface area contributed by atoms with Crippen molar-refractivity contribution < 1.29 is 18.1 Å². The van der Waals surface area contributed by atoms with Crippen LogP contribution in [0.15, 0.2) is 94.9 Å². The SMILES string of the molecule is Cc1cc(/C=N\NC(=O)CN(c2cccc([N+](=O)[O-])c2)S(=O)(=O)c2ccccc2)c(C)n1-c1ccccc1Cl. The predicted octanol–water partition coefficient (Wildman–Crippen LogP) is 5.00. The number of rotatable bonds is 9. The molecule has 1 amide bonds. The quantitative estimate of drug-likeness (QED) is 0.173. The van der Waals surface area contributed by atoms with Gasteiger partial charge in [0.15, 0.2) is 0 Å². The van der Waals surface area contributed by atoms with Gasteiger partial charge in [-0.1, -0.05) is 48.0 Å². The van der Waals surface area contributed by atoms with Crippen LogP contribution in [0.25, 0.3) is 5.69 Å². The van der Waals surface area contributed by atoms with Crippen LogP contribution in [0, 0.1) is 24.0 Å². The number of carbonyl (C=O) groups is 1. The third-order valence-electron chi connectivity index (χ3n) is 5.90. The Morgan fingerprint density at radius 1 is 1.05 bits per heavy atom. The molecule has 0 saturated carbocycles. The van der Waals surface area contributed by atoms with Gasteiger partial charge in [0.05, 0.1) is 32.4 Å². The molecule has 0 fully saturated rings. The van der Waals surface area contributed by atoms with E-state index in [2.05, 4.69) is 10.5 Å². The van der Waals surface area contributed by atoms with Crippen molar-refractivity contribution in [3.8, 4) is 5.69 Å². The first kappa shape index (κ1) is 27.6. The van der Waals surface area contributed by atoms with Gasteiger partial charge < -0.3 is 4.57 Å². The zero-order valence-corrected chi connectivity index (χ0v) is 22.6. The van der Waals surface area contributed by atoms with Gasteiger partial charge in [-0.15, -0.1) is 0 Å². The number of nitro groups is 1. The van der Waals surface area contributed by atoms with Crippen molar-refractivity contribution in [1.29, 1.82) is 0 Å². The van der Waals surface area contributed by atoms with Crippen LogP contribution in [0.3, 0.4) is 0 Å². The maximum Gasteiger partial charge on any atom is 0.271 e. The fraction of sp³-hybridized carbons (Fsp3) is 0.111. The molecule has 0 aliphatic rings. The molecule has 200 valence electrons. The molecule has 12 heteroatoms. The van der Waals surface area contributed by atoms with Crippen LogP contribution in [-0.4, -0.2) is 36.6 Å². The molecule has 0 radical (unpaired) electrons. The zero-order chi connectivity index (χ0) is 28.2. The van der Waals surface area contributed by atoms with E-state index < -0.39 is 27.4 Å². The van der Waals surface area contributed by atoms with E-state index in [0.717, 1.165) is 33.0 Å². The van der Waals surface area contributed by atoms with Crippen LogP contribution in [0.4, 0.5) is 11.4 Å². The number of nitro benzene ring substituents is 1. The third-order valence-corrected chi connectivity index (χ3v) is 8.01. The number of non-ortho nitro benzene ring substituents is 1. The Bertz CT molecular complexity index is 1670. The van der Waals surface area contributed by atoms with Gasteiger partial charge in [0.1, 0.15) is 6.54 Å².